The maximum Gasteiger partial charge on any atom is 0.253 e. The molecule has 1 amide bonds. The molecule has 0 bridgehead atoms. The third-order valence-corrected chi connectivity index (χ3v) is 6.96. The highest BCUT2D eigenvalue weighted by molar-refractivity contribution is 6.30. The maximum atomic E-state index is 13.2. The van der Waals surface area contributed by atoms with Gasteiger partial charge < -0.3 is 9.80 Å². The topological polar surface area (TPSA) is 49.3 Å². The maximum absolute atomic E-state index is 13.2. The van der Waals surface area contributed by atoms with Crippen molar-refractivity contribution in [3.8, 4) is 11.1 Å². The van der Waals surface area contributed by atoms with Gasteiger partial charge in [0.2, 0.25) is 0 Å². The Morgan fingerprint density at radius 2 is 1.44 bits per heavy atom. The fourth-order valence-electron chi connectivity index (χ4n) is 4.73. The first-order valence-corrected chi connectivity index (χ1v) is 12.6. The van der Waals surface area contributed by atoms with Crippen molar-refractivity contribution < 1.29 is 4.79 Å². The molecule has 6 heteroatoms. The highest BCUT2D eigenvalue weighted by Gasteiger charge is 2.25. The Labute approximate surface area is 217 Å². The van der Waals surface area contributed by atoms with Gasteiger partial charge in [-0.1, -0.05) is 66.2 Å². The molecule has 1 fully saturated rings. The molecule has 5 nitrogen and oxygen atoms in total. The summed E-state index contributed by atoms with van der Waals surface area (Å²) in [6.07, 6.45) is 0.742. The lowest BCUT2D eigenvalue weighted by Crippen LogP contribution is -2.49. The van der Waals surface area contributed by atoms with E-state index in [2.05, 4.69) is 22.0 Å². The van der Waals surface area contributed by atoms with E-state index in [1.807, 2.05) is 85.5 Å². The Morgan fingerprint density at radius 1 is 0.806 bits per heavy atom. The molecule has 0 radical (unpaired) electrons. The van der Waals surface area contributed by atoms with Crippen LogP contribution in [0.3, 0.4) is 0 Å². The summed E-state index contributed by atoms with van der Waals surface area (Å²) in [6, 6.07) is 26.0. The summed E-state index contributed by atoms with van der Waals surface area (Å²) in [6.45, 7) is 6.75. The molecule has 0 unspecified atom stereocenters. The van der Waals surface area contributed by atoms with Crippen LogP contribution in [0.25, 0.3) is 11.1 Å². The number of aromatic nitrogens is 2. The second-order valence-corrected chi connectivity index (χ2v) is 9.62. The summed E-state index contributed by atoms with van der Waals surface area (Å²) in [7, 11) is 0. The van der Waals surface area contributed by atoms with Gasteiger partial charge in [0.15, 0.2) is 0 Å². The molecule has 1 saturated heterocycles. The Hall–Kier alpha value is -3.70. The average molecular weight is 497 g/mol. The zero-order valence-electron chi connectivity index (χ0n) is 20.6. The number of nitrogens with zero attached hydrogens (tertiary/aromatic N) is 4. The number of carbonyl (C=O) groups is 1. The van der Waals surface area contributed by atoms with E-state index in [-0.39, 0.29) is 5.91 Å². The zero-order chi connectivity index (χ0) is 25.1. The van der Waals surface area contributed by atoms with Crippen molar-refractivity contribution >= 4 is 23.3 Å². The van der Waals surface area contributed by atoms with E-state index in [0.29, 0.717) is 13.1 Å². The lowest BCUT2D eigenvalue weighted by atomic mass is 10.0. The number of carbonyl (C=O) groups excluding carboxylic acids is 1. The third-order valence-electron chi connectivity index (χ3n) is 6.70. The van der Waals surface area contributed by atoms with Gasteiger partial charge in [0.05, 0.1) is 0 Å². The van der Waals surface area contributed by atoms with Crippen LogP contribution in [0.1, 0.15) is 33.0 Å². The first kappa shape index (κ1) is 24.0. The van der Waals surface area contributed by atoms with Crippen LogP contribution in [0, 0.1) is 13.8 Å². The number of amides is 1. The van der Waals surface area contributed by atoms with Gasteiger partial charge in [0.25, 0.3) is 5.91 Å². The molecule has 0 aliphatic carbocycles. The molecule has 5 rings (SSSR count). The van der Waals surface area contributed by atoms with Crippen LogP contribution in [-0.2, 0) is 6.42 Å². The lowest BCUT2D eigenvalue weighted by molar-refractivity contribution is 0.0746. The molecule has 1 aromatic heterocycles. The summed E-state index contributed by atoms with van der Waals surface area (Å²) in [5.41, 5.74) is 6.27. The van der Waals surface area contributed by atoms with Crippen LogP contribution in [0.4, 0.5) is 5.82 Å². The molecule has 0 N–H and O–H groups in total. The van der Waals surface area contributed by atoms with E-state index in [0.717, 1.165) is 64.1 Å². The zero-order valence-corrected chi connectivity index (χ0v) is 21.4. The number of aryl methyl sites for hydroxylation is 2. The van der Waals surface area contributed by atoms with Crippen LogP contribution >= 0.6 is 11.6 Å². The molecule has 3 aromatic carbocycles. The molecule has 4 aromatic rings. The predicted molar refractivity (Wildman–Crippen MR) is 146 cm³/mol. The summed E-state index contributed by atoms with van der Waals surface area (Å²) < 4.78 is 0. The molecular weight excluding hydrogens is 468 g/mol. The van der Waals surface area contributed by atoms with Gasteiger partial charge in [-0.05, 0) is 54.8 Å². The van der Waals surface area contributed by atoms with Gasteiger partial charge in [-0.25, -0.2) is 9.97 Å². The summed E-state index contributed by atoms with van der Waals surface area (Å²) >= 11 is 6.07. The minimum Gasteiger partial charge on any atom is -0.353 e. The Morgan fingerprint density at radius 3 is 2.11 bits per heavy atom. The molecular formula is C30H29ClN4O. The highest BCUT2D eigenvalue weighted by Crippen LogP contribution is 2.26. The second kappa shape index (κ2) is 10.5. The third kappa shape index (κ3) is 5.26. The first-order valence-electron chi connectivity index (χ1n) is 12.3. The van der Waals surface area contributed by atoms with Crippen molar-refractivity contribution in [2.75, 3.05) is 31.1 Å². The van der Waals surface area contributed by atoms with Crippen LogP contribution in [-0.4, -0.2) is 47.0 Å². The van der Waals surface area contributed by atoms with E-state index in [1.54, 1.807) is 0 Å². The Bertz CT molecular complexity index is 1350. The van der Waals surface area contributed by atoms with Crippen LogP contribution in [0.5, 0.6) is 0 Å². The van der Waals surface area contributed by atoms with Gasteiger partial charge in [0, 0.05) is 54.4 Å². The fourth-order valence-corrected chi connectivity index (χ4v) is 4.86. The summed E-state index contributed by atoms with van der Waals surface area (Å²) in [5.74, 6) is 1.80. The number of rotatable bonds is 5. The minimum absolute atomic E-state index is 0.0747. The number of piperazine rings is 1. The quantitative estimate of drug-likeness (QED) is 0.341. The highest BCUT2D eigenvalue weighted by atomic mass is 35.5. The minimum atomic E-state index is 0.0747. The number of hydrogen-bond acceptors (Lipinski definition) is 4. The predicted octanol–water partition coefficient (Wildman–Crippen LogP) is 5.97. The molecule has 0 spiro atoms. The van der Waals surface area contributed by atoms with E-state index in [9.17, 15) is 4.79 Å². The number of benzene rings is 3. The van der Waals surface area contributed by atoms with Crippen molar-refractivity contribution in [3.63, 3.8) is 0 Å². The standard InChI is InChI=1S/C30H29ClN4O/c1-21-28(20-23-8-14-27(31)15-9-23)29(33-22(2)32-21)34-16-18-35(19-17-34)30(36)26-12-10-25(11-13-26)24-6-4-3-5-7-24/h3-15H,16-20H2,1-2H3. The molecule has 1 aliphatic rings. The average Bonchev–Trinajstić information content (AvgIpc) is 2.91. The molecule has 182 valence electrons. The van der Waals surface area contributed by atoms with Gasteiger partial charge in [0.1, 0.15) is 11.6 Å². The van der Waals surface area contributed by atoms with Crippen molar-refractivity contribution in [1.82, 2.24) is 14.9 Å². The fraction of sp³-hybridized carbons (Fsp3) is 0.233. The SMILES string of the molecule is Cc1nc(C)c(Cc2ccc(Cl)cc2)c(N2CCN(C(=O)c3ccc(-c4ccccc4)cc3)CC2)n1. The monoisotopic (exact) mass is 496 g/mol. The smallest absolute Gasteiger partial charge is 0.253 e. The normalized spacial score (nSPS) is 13.6. The second-order valence-electron chi connectivity index (χ2n) is 9.18. The summed E-state index contributed by atoms with van der Waals surface area (Å²) in [4.78, 5) is 26.9. The molecule has 2 heterocycles. The van der Waals surface area contributed by atoms with E-state index in [4.69, 9.17) is 16.6 Å². The van der Waals surface area contributed by atoms with Gasteiger partial charge >= 0.3 is 0 Å². The van der Waals surface area contributed by atoms with Crippen LogP contribution in [0.2, 0.25) is 5.02 Å². The van der Waals surface area contributed by atoms with Crippen molar-refractivity contribution in [3.05, 3.63) is 112 Å². The van der Waals surface area contributed by atoms with Crippen LogP contribution in [0.15, 0.2) is 78.9 Å². The van der Waals surface area contributed by atoms with Crippen molar-refractivity contribution in [2.24, 2.45) is 0 Å². The molecule has 0 saturated carbocycles. The molecule has 0 atom stereocenters. The first-order chi connectivity index (χ1) is 17.5. The number of hydrogen-bond donors (Lipinski definition) is 0. The number of halogens is 1. The van der Waals surface area contributed by atoms with E-state index in [1.165, 1.54) is 5.56 Å². The van der Waals surface area contributed by atoms with Gasteiger partial charge in [-0.3, -0.25) is 4.79 Å². The molecule has 1 aliphatic heterocycles. The largest absolute Gasteiger partial charge is 0.353 e. The Balaban J connectivity index is 1.29. The van der Waals surface area contributed by atoms with E-state index < -0.39 is 0 Å². The van der Waals surface area contributed by atoms with Crippen molar-refractivity contribution in [1.29, 1.82) is 0 Å². The van der Waals surface area contributed by atoms with Crippen LogP contribution < -0.4 is 4.90 Å². The van der Waals surface area contributed by atoms with E-state index >= 15 is 0 Å². The Kier molecular flexibility index (Phi) is 7.01. The summed E-state index contributed by atoms with van der Waals surface area (Å²) in [5, 5.41) is 0.728. The van der Waals surface area contributed by atoms with Crippen molar-refractivity contribution in [2.45, 2.75) is 20.3 Å². The molecule has 36 heavy (non-hydrogen) atoms. The van der Waals surface area contributed by atoms with Gasteiger partial charge in [-0.15, -0.1) is 0 Å². The number of anilines is 1. The lowest BCUT2D eigenvalue weighted by Gasteiger charge is -2.36. The van der Waals surface area contributed by atoms with Gasteiger partial charge in [-0.2, -0.15) is 0 Å².